The number of nitrogens with zero attached hydrogens (tertiary/aromatic N) is 4. The highest BCUT2D eigenvalue weighted by Crippen LogP contribution is 2.38. The van der Waals surface area contributed by atoms with Gasteiger partial charge in [0.25, 0.3) is 10.0 Å². The molecule has 9 heteroatoms. The molecule has 0 unspecified atom stereocenters. The van der Waals surface area contributed by atoms with Crippen LogP contribution in [0, 0.1) is 18.3 Å². The van der Waals surface area contributed by atoms with Crippen molar-refractivity contribution >= 4 is 37.3 Å². The van der Waals surface area contributed by atoms with Gasteiger partial charge in [-0.2, -0.15) is 5.26 Å². The summed E-state index contributed by atoms with van der Waals surface area (Å²) in [5.41, 5.74) is 3.10. The van der Waals surface area contributed by atoms with Gasteiger partial charge < -0.3 is 4.74 Å². The molecule has 31 heavy (non-hydrogen) atoms. The van der Waals surface area contributed by atoms with E-state index in [-0.39, 0.29) is 18.0 Å². The third kappa shape index (κ3) is 3.40. The van der Waals surface area contributed by atoms with Crippen molar-refractivity contribution in [2.75, 3.05) is 17.5 Å². The minimum atomic E-state index is -3.80. The monoisotopic (exact) mass is 448 g/mol. The molecule has 2 aromatic carbocycles. The van der Waals surface area contributed by atoms with E-state index in [0.717, 1.165) is 20.8 Å². The van der Waals surface area contributed by atoms with E-state index in [4.69, 9.17) is 10.00 Å². The normalized spacial score (nSPS) is 13.5. The highest BCUT2D eigenvalue weighted by molar-refractivity contribution is 7.92. The number of nitriles is 1. The molecule has 1 aliphatic rings. The maximum absolute atomic E-state index is 13.5. The van der Waals surface area contributed by atoms with Gasteiger partial charge in [0.15, 0.2) is 0 Å². The lowest BCUT2D eigenvalue weighted by molar-refractivity contribution is 0.316. The summed E-state index contributed by atoms with van der Waals surface area (Å²) in [6.07, 6.45) is 1.49. The van der Waals surface area contributed by atoms with Crippen molar-refractivity contribution in [2.24, 2.45) is 0 Å². The van der Waals surface area contributed by atoms with Crippen molar-refractivity contribution in [3.63, 3.8) is 0 Å². The summed E-state index contributed by atoms with van der Waals surface area (Å²) in [6, 6.07) is 15.8. The first-order chi connectivity index (χ1) is 15.0. The van der Waals surface area contributed by atoms with E-state index in [1.54, 1.807) is 42.5 Å². The van der Waals surface area contributed by atoms with E-state index < -0.39 is 10.0 Å². The van der Waals surface area contributed by atoms with Crippen LogP contribution < -0.4 is 9.04 Å². The van der Waals surface area contributed by atoms with E-state index in [1.165, 1.54) is 21.8 Å². The van der Waals surface area contributed by atoms with E-state index >= 15 is 0 Å². The molecule has 0 atom stereocenters. The summed E-state index contributed by atoms with van der Waals surface area (Å²) < 4.78 is 35.0. The van der Waals surface area contributed by atoms with E-state index in [9.17, 15) is 8.42 Å². The van der Waals surface area contributed by atoms with Crippen LogP contribution in [-0.2, 0) is 10.0 Å². The largest absolute Gasteiger partial charge is 0.489 e. The Balaban J connectivity index is 1.58. The topological polar surface area (TPSA) is 96.2 Å². The lowest BCUT2D eigenvalue weighted by Crippen LogP contribution is -2.37. The Labute approximate surface area is 183 Å². The van der Waals surface area contributed by atoms with Crippen LogP contribution in [0.25, 0.3) is 21.5 Å². The summed E-state index contributed by atoms with van der Waals surface area (Å²) in [7, 11) is -3.80. The fraction of sp³-hybridized carbons (Fsp3) is 0.136. The average molecular weight is 449 g/mol. The predicted octanol–water partition coefficient (Wildman–Crippen LogP) is 4.13. The predicted molar refractivity (Wildman–Crippen MR) is 119 cm³/mol. The lowest BCUT2D eigenvalue weighted by atomic mass is 10.1. The fourth-order valence-electron chi connectivity index (χ4n) is 3.54. The number of rotatable bonds is 3. The number of aromatic nitrogens is 2. The van der Waals surface area contributed by atoms with Crippen LogP contribution in [0.1, 0.15) is 10.6 Å². The first kappa shape index (κ1) is 19.5. The van der Waals surface area contributed by atoms with Gasteiger partial charge in [-0.3, -0.25) is 9.29 Å². The number of fused-ring (bicyclic) bond motifs is 2. The molecule has 2 aromatic heterocycles. The second kappa shape index (κ2) is 7.34. The smallest absolute Gasteiger partial charge is 0.264 e. The van der Waals surface area contributed by atoms with Gasteiger partial charge in [0.05, 0.1) is 43.6 Å². The molecule has 1 aliphatic heterocycles. The van der Waals surface area contributed by atoms with E-state index in [1.807, 2.05) is 19.1 Å². The Hall–Kier alpha value is -3.48. The van der Waals surface area contributed by atoms with Crippen LogP contribution in [0.3, 0.4) is 0 Å². The Morgan fingerprint density at radius 3 is 2.81 bits per heavy atom. The molecule has 0 spiro atoms. The van der Waals surface area contributed by atoms with Crippen LogP contribution in [0.4, 0.5) is 5.69 Å². The molecule has 5 rings (SSSR count). The molecule has 0 radical (unpaired) electrons. The van der Waals surface area contributed by atoms with Gasteiger partial charge in [0.1, 0.15) is 18.4 Å². The summed E-state index contributed by atoms with van der Waals surface area (Å²) in [4.78, 5) is 8.94. The molecule has 0 N–H and O–H groups in total. The molecule has 7 nitrogen and oxygen atoms in total. The van der Waals surface area contributed by atoms with Crippen molar-refractivity contribution in [3.05, 3.63) is 65.3 Å². The molecule has 0 aliphatic carbocycles. The molecule has 0 amide bonds. The van der Waals surface area contributed by atoms with Crippen LogP contribution in [0.5, 0.6) is 5.75 Å². The molecule has 154 valence electrons. The molecule has 4 aromatic rings. The van der Waals surface area contributed by atoms with Crippen LogP contribution in [0.2, 0.25) is 0 Å². The molecule has 0 saturated carbocycles. The highest BCUT2D eigenvalue weighted by Gasteiger charge is 2.31. The minimum absolute atomic E-state index is 0.208. The lowest BCUT2D eigenvalue weighted by Gasteiger charge is -2.30. The third-order valence-electron chi connectivity index (χ3n) is 5.02. The number of aryl methyl sites for hydroxylation is 1. The second-order valence-corrected chi connectivity index (χ2v) is 10.1. The third-order valence-corrected chi connectivity index (χ3v) is 7.77. The maximum atomic E-state index is 13.5. The SMILES string of the molecule is Cc1nc2ccc(S(=O)(=O)N3CCOc4ccc(-c5ccc(C#N)cn5)cc43)cc2s1. The van der Waals surface area contributed by atoms with Crippen LogP contribution in [-0.4, -0.2) is 31.5 Å². The quantitative estimate of drug-likeness (QED) is 0.468. The Kier molecular flexibility index (Phi) is 4.61. The number of benzene rings is 2. The molecule has 0 bridgehead atoms. The van der Waals surface area contributed by atoms with Crippen molar-refractivity contribution < 1.29 is 13.2 Å². The maximum Gasteiger partial charge on any atom is 0.264 e. The van der Waals surface area contributed by atoms with Gasteiger partial charge in [0, 0.05) is 11.8 Å². The summed E-state index contributed by atoms with van der Waals surface area (Å²) in [6.45, 7) is 2.37. The number of pyridine rings is 1. The number of hydrogen-bond donors (Lipinski definition) is 0. The van der Waals surface area contributed by atoms with Gasteiger partial charge in [-0.25, -0.2) is 13.4 Å². The van der Waals surface area contributed by atoms with Crippen molar-refractivity contribution in [2.45, 2.75) is 11.8 Å². The van der Waals surface area contributed by atoms with Crippen molar-refractivity contribution in [3.8, 4) is 23.1 Å². The van der Waals surface area contributed by atoms with Crippen LogP contribution in [0.15, 0.2) is 59.6 Å². The van der Waals surface area contributed by atoms with Gasteiger partial charge >= 0.3 is 0 Å². The summed E-state index contributed by atoms with van der Waals surface area (Å²) >= 11 is 1.47. The first-order valence-electron chi connectivity index (χ1n) is 9.49. The molecular formula is C22H16N4O3S2. The Morgan fingerprint density at radius 2 is 2.03 bits per heavy atom. The van der Waals surface area contributed by atoms with E-state index in [2.05, 4.69) is 9.97 Å². The molecular weight excluding hydrogens is 432 g/mol. The highest BCUT2D eigenvalue weighted by atomic mass is 32.2. The van der Waals surface area contributed by atoms with Crippen molar-refractivity contribution in [1.82, 2.24) is 9.97 Å². The summed E-state index contributed by atoms with van der Waals surface area (Å²) in [5.74, 6) is 0.502. The van der Waals surface area contributed by atoms with Crippen LogP contribution >= 0.6 is 11.3 Å². The van der Waals surface area contributed by atoms with Gasteiger partial charge in [-0.15, -0.1) is 11.3 Å². The van der Waals surface area contributed by atoms with Gasteiger partial charge in [0.2, 0.25) is 0 Å². The molecule has 3 heterocycles. The van der Waals surface area contributed by atoms with Gasteiger partial charge in [-0.05, 0) is 55.5 Å². The number of ether oxygens (including phenoxy) is 1. The number of hydrogen-bond acceptors (Lipinski definition) is 7. The summed E-state index contributed by atoms with van der Waals surface area (Å²) in [5, 5.41) is 9.86. The van der Waals surface area contributed by atoms with Gasteiger partial charge in [-0.1, -0.05) is 0 Å². The first-order valence-corrected chi connectivity index (χ1v) is 11.7. The zero-order valence-corrected chi connectivity index (χ0v) is 18.1. The van der Waals surface area contributed by atoms with E-state index in [0.29, 0.717) is 22.7 Å². The zero-order valence-electron chi connectivity index (χ0n) is 16.4. The average Bonchev–Trinajstić information content (AvgIpc) is 3.17. The Bertz CT molecular complexity index is 1450. The number of anilines is 1. The van der Waals surface area contributed by atoms with Crippen molar-refractivity contribution in [1.29, 1.82) is 5.26 Å². The minimum Gasteiger partial charge on any atom is -0.489 e. The second-order valence-electron chi connectivity index (χ2n) is 7.01. The number of thiazole rings is 1. The fourth-order valence-corrected chi connectivity index (χ4v) is 5.96. The molecule has 0 saturated heterocycles. The Morgan fingerprint density at radius 1 is 1.16 bits per heavy atom. The number of sulfonamides is 1. The zero-order chi connectivity index (χ0) is 21.6. The molecule has 0 fully saturated rings. The standard InChI is InChI=1S/C22H16N4O3S2/c1-14-25-19-6-4-17(11-22(19)30-14)31(27,28)26-8-9-29-21-7-3-16(10-20(21)26)18-5-2-15(12-23)13-24-18/h2-7,10-11,13H,8-9H2,1H3.